The molecule has 31 heavy (non-hydrogen) atoms. The summed E-state index contributed by atoms with van der Waals surface area (Å²) in [6, 6.07) is 22.2. The molecule has 0 N–H and O–H groups in total. The van der Waals surface area contributed by atoms with Gasteiger partial charge in [0, 0.05) is 34.9 Å². The fraction of sp³-hybridized carbons (Fsp3) is 0.125. The highest BCUT2D eigenvalue weighted by atomic mass is 32.2. The number of rotatable bonds is 5. The lowest BCUT2D eigenvalue weighted by Gasteiger charge is -2.11. The number of para-hydroxylation sites is 2. The van der Waals surface area contributed by atoms with Gasteiger partial charge in [-0.2, -0.15) is 0 Å². The van der Waals surface area contributed by atoms with E-state index in [0.29, 0.717) is 11.7 Å². The second kappa shape index (κ2) is 7.59. The predicted molar refractivity (Wildman–Crippen MR) is 120 cm³/mol. The topological polar surface area (TPSA) is 69.4 Å². The molecular weight excluding hydrogens is 404 g/mol. The number of nitrogens with zero attached hydrogens (tertiary/aromatic N) is 6. The summed E-state index contributed by atoms with van der Waals surface area (Å²) in [6.45, 7) is 0. The van der Waals surface area contributed by atoms with Gasteiger partial charge in [-0.05, 0) is 54.9 Å². The summed E-state index contributed by atoms with van der Waals surface area (Å²) in [7, 11) is 0. The monoisotopic (exact) mass is 422 g/mol. The van der Waals surface area contributed by atoms with Crippen LogP contribution in [0.25, 0.3) is 28.0 Å². The Hall–Kier alpha value is -3.58. The molecule has 2 aromatic carbocycles. The lowest BCUT2D eigenvalue weighted by atomic mass is 10.2. The summed E-state index contributed by atoms with van der Waals surface area (Å²) < 4.78 is 2.17. The molecule has 3 heterocycles. The number of hydrogen-bond acceptors (Lipinski definition) is 6. The van der Waals surface area contributed by atoms with Crippen LogP contribution in [0.5, 0.6) is 0 Å². The highest BCUT2D eigenvalue weighted by Crippen LogP contribution is 2.42. The normalized spacial score (nSPS) is 13.5. The van der Waals surface area contributed by atoms with E-state index in [1.807, 2.05) is 48.5 Å². The molecule has 0 amide bonds. The Labute approximate surface area is 183 Å². The molecule has 6 rings (SSSR count). The van der Waals surface area contributed by atoms with Crippen LogP contribution in [0, 0.1) is 0 Å². The number of fused-ring (bicyclic) bond motifs is 1. The van der Waals surface area contributed by atoms with Gasteiger partial charge in [-0.1, -0.05) is 36.4 Å². The van der Waals surface area contributed by atoms with Gasteiger partial charge in [0.05, 0.1) is 5.52 Å². The first-order valence-corrected chi connectivity index (χ1v) is 11.0. The van der Waals surface area contributed by atoms with Gasteiger partial charge in [0.15, 0.2) is 5.82 Å². The maximum Gasteiger partial charge on any atom is 0.202 e. The number of aromatic nitrogens is 6. The standard InChI is InChI=1S/C24H18N6S/c1-2-8-18(9-3-1)30-22(16-12-13-16)28-29-24(30)31-23-19-10-4-5-11-20(19)26-21(27-23)17-7-6-14-25-15-17/h1-11,14-16H,12-13H2. The average Bonchev–Trinajstić information content (AvgIpc) is 3.60. The van der Waals surface area contributed by atoms with Gasteiger partial charge in [0.1, 0.15) is 10.9 Å². The van der Waals surface area contributed by atoms with E-state index in [-0.39, 0.29) is 0 Å². The van der Waals surface area contributed by atoms with Crippen molar-refractivity contribution in [3.05, 3.63) is 84.9 Å². The van der Waals surface area contributed by atoms with Gasteiger partial charge in [-0.15, -0.1) is 10.2 Å². The van der Waals surface area contributed by atoms with Crippen molar-refractivity contribution in [2.45, 2.75) is 28.9 Å². The summed E-state index contributed by atoms with van der Waals surface area (Å²) in [5.74, 6) is 2.16. The molecule has 0 radical (unpaired) electrons. The fourth-order valence-electron chi connectivity index (χ4n) is 3.61. The van der Waals surface area contributed by atoms with Crippen LogP contribution in [-0.4, -0.2) is 29.7 Å². The van der Waals surface area contributed by atoms with Crippen LogP contribution < -0.4 is 0 Å². The first-order valence-electron chi connectivity index (χ1n) is 10.2. The fourth-order valence-corrected chi connectivity index (χ4v) is 4.57. The predicted octanol–water partition coefficient (Wildman–Crippen LogP) is 5.30. The zero-order valence-corrected chi connectivity index (χ0v) is 17.4. The van der Waals surface area contributed by atoms with E-state index in [1.54, 1.807) is 12.4 Å². The number of pyridine rings is 1. The highest BCUT2D eigenvalue weighted by Gasteiger charge is 2.31. The first-order chi connectivity index (χ1) is 15.4. The molecule has 0 atom stereocenters. The van der Waals surface area contributed by atoms with E-state index < -0.39 is 0 Å². The molecule has 150 valence electrons. The average molecular weight is 423 g/mol. The van der Waals surface area contributed by atoms with Crippen LogP contribution in [0.15, 0.2) is 89.3 Å². The summed E-state index contributed by atoms with van der Waals surface area (Å²) >= 11 is 1.53. The van der Waals surface area contributed by atoms with E-state index in [9.17, 15) is 0 Å². The van der Waals surface area contributed by atoms with Crippen molar-refractivity contribution in [3.8, 4) is 17.1 Å². The molecule has 5 aromatic rings. The van der Waals surface area contributed by atoms with Crippen LogP contribution in [0.3, 0.4) is 0 Å². The van der Waals surface area contributed by atoms with Crippen molar-refractivity contribution in [3.63, 3.8) is 0 Å². The third-order valence-electron chi connectivity index (χ3n) is 5.29. The van der Waals surface area contributed by atoms with Crippen molar-refractivity contribution < 1.29 is 0 Å². The van der Waals surface area contributed by atoms with Crippen LogP contribution in [0.4, 0.5) is 0 Å². The lowest BCUT2D eigenvalue weighted by Crippen LogP contribution is -2.02. The second-order valence-electron chi connectivity index (χ2n) is 7.50. The smallest absolute Gasteiger partial charge is 0.202 e. The largest absolute Gasteiger partial charge is 0.273 e. The molecule has 0 aliphatic heterocycles. The molecule has 0 unspecified atom stereocenters. The van der Waals surface area contributed by atoms with Gasteiger partial charge < -0.3 is 0 Å². The Kier molecular flexibility index (Phi) is 4.46. The summed E-state index contributed by atoms with van der Waals surface area (Å²) in [5.41, 5.74) is 2.85. The van der Waals surface area contributed by atoms with E-state index in [0.717, 1.165) is 51.0 Å². The summed E-state index contributed by atoms with van der Waals surface area (Å²) in [5, 5.41) is 11.8. The minimum atomic E-state index is 0.482. The number of benzene rings is 2. The minimum Gasteiger partial charge on any atom is -0.273 e. The van der Waals surface area contributed by atoms with Crippen molar-refractivity contribution in [2.75, 3.05) is 0 Å². The van der Waals surface area contributed by atoms with Crippen LogP contribution in [0.2, 0.25) is 0 Å². The zero-order valence-electron chi connectivity index (χ0n) is 16.6. The van der Waals surface area contributed by atoms with E-state index in [1.165, 1.54) is 11.8 Å². The maximum atomic E-state index is 4.90. The van der Waals surface area contributed by atoms with Crippen molar-refractivity contribution in [1.29, 1.82) is 0 Å². The third-order valence-corrected chi connectivity index (χ3v) is 6.24. The lowest BCUT2D eigenvalue weighted by molar-refractivity contribution is 0.828. The van der Waals surface area contributed by atoms with Gasteiger partial charge in [-0.3, -0.25) is 9.55 Å². The van der Waals surface area contributed by atoms with Gasteiger partial charge in [-0.25, -0.2) is 9.97 Å². The SMILES string of the molecule is c1ccc(-n2c(Sc3nc(-c4cccnc4)nc4ccccc34)nnc2C2CC2)cc1. The molecule has 3 aromatic heterocycles. The highest BCUT2D eigenvalue weighted by molar-refractivity contribution is 7.99. The molecule has 0 bridgehead atoms. The van der Waals surface area contributed by atoms with Crippen LogP contribution >= 0.6 is 11.8 Å². The third kappa shape index (κ3) is 3.47. The van der Waals surface area contributed by atoms with Crippen molar-refractivity contribution in [2.24, 2.45) is 0 Å². The molecular formula is C24H18N6S. The Balaban J connectivity index is 1.50. The van der Waals surface area contributed by atoms with Gasteiger partial charge >= 0.3 is 0 Å². The first kappa shape index (κ1) is 18.2. The van der Waals surface area contributed by atoms with Crippen LogP contribution in [-0.2, 0) is 0 Å². The molecule has 1 aliphatic carbocycles. The molecule has 1 aliphatic rings. The zero-order chi connectivity index (χ0) is 20.6. The minimum absolute atomic E-state index is 0.482. The molecule has 0 spiro atoms. The second-order valence-corrected chi connectivity index (χ2v) is 8.46. The molecule has 7 heteroatoms. The quantitative estimate of drug-likeness (QED) is 0.358. The van der Waals surface area contributed by atoms with Crippen molar-refractivity contribution in [1.82, 2.24) is 29.7 Å². The van der Waals surface area contributed by atoms with Gasteiger partial charge in [0.2, 0.25) is 5.16 Å². The van der Waals surface area contributed by atoms with Crippen molar-refractivity contribution >= 4 is 22.7 Å². The Morgan fingerprint density at radius 3 is 2.48 bits per heavy atom. The molecule has 6 nitrogen and oxygen atoms in total. The Morgan fingerprint density at radius 2 is 1.68 bits per heavy atom. The van der Waals surface area contributed by atoms with Gasteiger partial charge in [0.25, 0.3) is 0 Å². The molecule has 0 saturated heterocycles. The molecule has 1 fully saturated rings. The van der Waals surface area contributed by atoms with E-state index in [4.69, 9.17) is 9.97 Å². The van der Waals surface area contributed by atoms with Crippen LogP contribution in [0.1, 0.15) is 24.6 Å². The Bertz CT molecular complexity index is 1360. The summed E-state index contributed by atoms with van der Waals surface area (Å²) in [6.07, 6.45) is 5.87. The number of hydrogen-bond donors (Lipinski definition) is 0. The van der Waals surface area contributed by atoms with E-state index in [2.05, 4.69) is 37.9 Å². The molecule has 1 saturated carbocycles. The summed E-state index contributed by atoms with van der Waals surface area (Å²) in [4.78, 5) is 13.9. The van der Waals surface area contributed by atoms with E-state index >= 15 is 0 Å². The Morgan fingerprint density at radius 1 is 0.839 bits per heavy atom. The maximum absolute atomic E-state index is 4.90.